The van der Waals surface area contributed by atoms with Gasteiger partial charge in [0.15, 0.2) is 0 Å². The number of nitrogens with one attached hydrogen (secondary N) is 2. The van der Waals surface area contributed by atoms with E-state index in [-0.39, 0.29) is 29.2 Å². The van der Waals surface area contributed by atoms with Gasteiger partial charge in [-0.1, -0.05) is 24.1 Å². The van der Waals surface area contributed by atoms with Crippen LogP contribution in [0.1, 0.15) is 53.6 Å². The fourth-order valence-electron chi connectivity index (χ4n) is 7.16. The van der Waals surface area contributed by atoms with Gasteiger partial charge in [0.1, 0.15) is 18.2 Å². The number of amides is 3. The average Bonchev–Trinajstić information content (AvgIpc) is 3.66. The summed E-state index contributed by atoms with van der Waals surface area (Å²) >= 11 is 0. The third-order valence-corrected chi connectivity index (χ3v) is 9.64. The lowest BCUT2D eigenvalue weighted by atomic mass is 9.82. The Bertz CT molecular complexity index is 1520. The Morgan fingerprint density at radius 1 is 1.09 bits per heavy atom. The number of fused-ring (bicyclic) bond motifs is 2. The summed E-state index contributed by atoms with van der Waals surface area (Å²) in [7, 11) is 1.46. The largest absolute Gasteiger partial charge is 0.496 e. The van der Waals surface area contributed by atoms with Crippen LogP contribution in [0.2, 0.25) is 0 Å². The minimum atomic E-state index is -4.92. The zero-order valence-corrected chi connectivity index (χ0v) is 24.8. The topological polar surface area (TPSA) is 97.0 Å². The Morgan fingerprint density at radius 2 is 1.87 bits per heavy atom. The Labute approximate surface area is 258 Å². The Balaban J connectivity index is 1.25. The van der Waals surface area contributed by atoms with E-state index in [9.17, 15) is 31.9 Å². The maximum Gasteiger partial charge on any atom is 0.419 e. The van der Waals surface area contributed by atoms with Crippen molar-refractivity contribution in [3.8, 4) is 5.75 Å². The molecule has 2 bridgehead atoms. The lowest BCUT2D eigenvalue weighted by molar-refractivity contribution is -0.140. The van der Waals surface area contributed by atoms with E-state index in [2.05, 4.69) is 16.7 Å². The summed E-state index contributed by atoms with van der Waals surface area (Å²) in [5.41, 5.74) is 0.585. The Morgan fingerprint density at radius 3 is 2.53 bits per heavy atom. The highest BCUT2D eigenvalue weighted by Gasteiger charge is 2.55. The average molecular weight is 630 g/mol. The first-order valence-electron chi connectivity index (χ1n) is 15.3. The van der Waals surface area contributed by atoms with Crippen molar-refractivity contribution in [3.05, 3.63) is 70.6 Å². The van der Waals surface area contributed by atoms with Gasteiger partial charge >= 0.3 is 12.3 Å². The van der Waals surface area contributed by atoms with Gasteiger partial charge in [-0.15, -0.1) is 0 Å². The normalized spacial score (nSPS) is 25.3. The fourth-order valence-corrected chi connectivity index (χ4v) is 7.16. The fraction of sp³-hybridized carbons (Fsp3) is 0.485. The van der Waals surface area contributed by atoms with E-state index in [1.165, 1.54) is 7.11 Å². The molecule has 3 aliphatic carbocycles. The number of carbonyl (C=O) groups excluding carboxylic acids is 3. The van der Waals surface area contributed by atoms with Crippen molar-refractivity contribution in [3.63, 3.8) is 0 Å². The molecule has 0 radical (unpaired) electrons. The number of nitrogens with zero attached hydrogens (tertiary/aromatic N) is 1. The number of rotatable bonds is 9. The van der Waals surface area contributed by atoms with Gasteiger partial charge in [-0.2, -0.15) is 13.2 Å². The minimum absolute atomic E-state index is 0.0930. The third-order valence-electron chi connectivity index (χ3n) is 9.64. The van der Waals surface area contributed by atoms with E-state index < -0.39 is 41.3 Å². The molecule has 1 saturated heterocycles. The number of methoxy groups -OCH3 is 1. The summed E-state index contributed by atoms with van der Waals surface area (Å²) in [6, 6.07) is 7.00. The first-order valence-corrected chi connectivity index (χ1v) is 15.3. The van der Waals surface area contributed by atoms with Crippen LogP contribution in [-0.2, 0) is 22.1 Å². The summed E-state index contributed by atoms with van der Waals surface area (Å²) in [4.78, 5) is 41.1. The van der Waals surface area contributed by atoms with E-state index >= 15 is 0 Å². The van der Waals surface area contributed by atoms with Crippen LogP contribution in [0.25, 0.3) is 0 Å². The molecule has 2 aromatic carbocycles. The molecule has 4 aliphatic rings. The van der Waals surface area contributed by atoms with Crippen LogP contribution < -0.4 is 15.4 Å². The van der Waals surface area contributed by atoms with Gasteiger partial charge in [-0.05, 0) is 79.8 Å². The van der Waals surface area contributed by atoms with Gasteiger partial charge in [0.25, 0.3) is 5.91 Å². The van der Waals surface area contributed by atoms with Gasteiger partial charge in [0, 0.05) is 24.2 Å². The standard InChI is InChI=1S/C33H35F4N3O5/c1-44-27-10-5-19(11-12-40-13-14-45-32(40)43)16-24(27)30(41)39-29-22-8-7-21(23(22)15-18-3-2-4-18)28(29)31(42)38-20-6-9-26(34)25(17-20)33(35,36)37/h5-6,9-10,15-18,21-22,28-29H,2-4,7-8,11-14H2,1H3,(H,38,42)(H,39,41)/b23-15-. The first kappa shape index (κ1) is 30.9. The number of halogens is 4. The highest BCUT2D eigenvalue weighted by atomic mass is 19.4. The smallest absolute Gasteiger partial charge is 0.419 e. The van der Waals surface area contributed by atoms with Crippen molar-refractivity contribution < 1.29 is 41.4 Å². The summed E-state index contributed by atoms with van der Waals surface area (Å²) in [5.74, 6) is -2.61. The van der Waals surface area contributed by atoms with Crippen LogP contribution in [0.4, 0.5) is 28.0 Å². The molecule has 8 nitrogen and oxygen atoms in total. The Hall–Kier alpha value is -4.09. The number of hydrogen-bond donors (Lipinski definition) is 2. The zero-order chi connectivity index (χ0) is 31.9. The van der Waals surface area contributed by atoms with Gasteiger partial charge in [0.05, 0.1) is 30.7 Å². The van der Waals surface area contributed by atoms with Crippen LogP contribution in [0.3, 0.4) is 0 Å². The van der Waals surface area contributed by atoms with Crippen molar-refractivity contribution in [2.75, 3.05) is 32.1 Å². The van der Waals surface area contributed by atoms with Crippen LogP contribution in [-0.4, -0.2) is 55.7 Å². The van der Waals surface area contributed by atoms with Crippen molar-refractivity contribution in [2.45, 2.75) is 50.7 Å². The summed E-state index contributed by atoms with van der Waals surface area (Å²) in [6.45, 7) is 1.27. The van der Waals surface area contributed by atoms with E-state index in [0.717, 1.165) is 49.3 Å². The van der Waals surface area contributed by atoms with Crippen LogP contribution in [0, 0.1) is 29.5 Å². The van der Waals surface area contributed by atoms with Crippen molar-refractivity contribution >= 4 is 23.6 Å². The number of hydrogen-bond acceptors (Lipinski definition) is 5. The highest BCUT2D eigenvalue weighted by molar-refractivity contribution is 5.99. The van der Waals surface area contributed by atoms with Gasteiger partial charge in [-0.25, -0.2) is 9.18 Å². The number of anilines is 1. The Kier molecular flexibility index (Phi) is 8.49. The first-order chi connectivity index (χ1) is 21.5. The second-order valence-corrected chi connectivity index (χ2v) is 12.2. The van der Waals surface area contributed by atoms with Crippen molar-refractivity contribution in [2.24, 2.45) is 23.7 Å². The van der Waals surface area contributed by atoms with Crippen molar-refractivity contribution in [1.29, 1.82) is 0 Å². The molecule has 240 valence electrons. The van der Waals surface area contributed by atoms with Gasteiger partial charge < -0.3 is 25.0 Å². The molecule has 4 fully saturated rings. The molecule has 45 heavy (non-hydrogen) atoms. The second kappa shape index (κ2) is 12.4. The molecule has 4 unspecified atom stereocenters. The van der Waals surface area contributed by atoms with Gasteiger partial charge in [0.2, 0.25) is 5.91 Å². The number of alkyl halides is 3. The summed E-state index contributed by atoms with van der Waals surface area (Å²) in [5, 5.41) is 5.67. The van der Waals surface area contributed by atoms with E-state index in [1.54, 1.807) is 17.0 Å². The number of allylic oxidation sites excluding steroid dienone is 1. The molecule has 2 aromatic rings. The molecule has 2 N–H and O–H groups in total. The lowest BCUT2D eigenvalue weighted by Gasteiger charge is -2.30. The van der Waals surface area contributed by atoms with E-state index in [1.807, 2.05) is 6.07 Å². The predicted molar refractivity (Wildman–Crippen MR) is 156 cm³/mol. The number of cyclic esters (lactones) is 1. The van der Waals surface area contributed by atoms with Crippen LogP contribution >= 0.6 is 0 Å². The van der Waals surface area contributed by atoms with Gasteiger partial charge in [-0.3, -0.25) is 9.59 Å². The molecular weight excluding hydrogens is 594 g/mol. The molecule has 0 aromatic heterocycles. The number of carbonyl (C=O) groups is 3. The molecule has 0 spiro atoms. The van der Waals surface area contributed by atoms with Crippen molar-refractivity contribution in [1.82, 2.24) is 10.2 Å². The molecule has 1 heterocycles. The highest BCUT2D eigenvalue weighted by Crippen LogP contribution is 2.54. The monoisotopic (exact) mass is 629 g/mol. The molecular formula is C33H35F4N3O5. The zero-order valence-electron chi connectivity index (χ0n) is 24.8. The van der Waals surface area contributed by atoms with E-state index in [4.69, 9.17) is 9.47 Å². The van der Waals surface area contributed by atoms with Crippen LogP contribution in [0.5, 0.6) is 5.75 Å². The summed E-state index contributed by atoms with van der Waals surface area (Å²) < 4.78 is 64.5. The molecule has 1 aliphatic heterocycles. The maximum absolute atomic E-state index is 13.9. The molecule has 12 heteroatoms. The predicted octanol–water partition coefficient (Wildman–Crippen LogP) is 5.97. The second-order valence-electron chi connectivity index (χ2n) is 12.2. The third kappa shape index (κ3) is 6.24. The number of ether oxygens (including phenoxy) is 2. The molecule has 3 amide bonds. The maximum atomic E-state index is 13.9. The lowest BCUT2D eigenvalue weighted by Crippen LogP contribution is -2.48. The molecule has 6 rings (SSSR count). The van der Waals surface area contributed by atoms with E-state index in [0.29, 0.717) is 49.9 Å². The molecule has 4 atom stereocenters. The summed E-state index contributed by atoms with van der Waals surface area (Å²) in [6.07, 6.45) is 2.19. The SMILES string of the molecule is COc1ccc(CCN2CCOC2=O)cc1C(=O)NC1C2CCC(/C2=C/C2CCC2)C1C(=O)Nc1ccc(F)c(C(F)(F)F)c1. The minimum Gasteiger partial charge on any atom is -0.496 e. The molecule has 3 saturated carbocycles. The quantitative estimate of drug-likeness (QED) is 0.263. The number of benzene rings is 2. The van der Waals surface area contributed by atoms with Crippen LogP contribution in [0.15, 0.2) is 48.0 Å².